The van der Waals surface area contributed by atoms with Crippen LogP contribution in [0.25, 0.3) is 0 Å². The number of carbonyl (C=O) groups excluding carboxylic acids is 2. The van der Waals surface area contributed by atoms with Crippen molar-refractivity contribution >= 4 is 11.9 Å². The Balaban J connectivity index is 4.54. The molecular formula is C52H101NO5. The van der Waals surface area contributed by atoms with Crippen molar-refractivity contribution in [2.45, 2.75) is 302 Å². The van der Waals surface area contributed by atoms with Crippen LogP contribution in [0.2, 0.25) is 0 Å². The Morgan fingerprint density at radius 2 is 0.828 bits per heavy atom. The Bertz CT molecular complexity index is 878. The number of rotatable bonds is 47. The molecule has 344 valence electrons. The summed E-state index contributed by atoms with van der Waals surface area (Å²) in [6.07, 6.45) is 51.3. The van der Waals surface area contributed by atoms with Crippen molar-refractivity contribution in [2.24, 2.45) is 0 Å². The maximum absolute atomic E-state index is 13.2. The topological polar surface area (TPSA) is 95.9 Å². The van der Waals surface area contributed by atoms with Gasteiger partial charge in [-0.3, -0.25) is 9.59 Å². The minimum absolute atomic E-state index is 0.0813. The van der Waals surface area contributed by atoms with E-state index in [9.17, 15) is 19.8 Å². The van der Waals surface area contributed by atoms with Gasteiger partial charge < -0.3 is 20.3 Å². The van der Waals surface area contributed by atoms with Crippen molar-refractivity contribution in [3.8, 4) is 0 Å². The van der Waals surface area contributed by atoms with E-state index in [0.29, 0.717) is 19.3 Å². The monoisotopic (exact) mass is 820 g/mol. The molecule has 1 amide bonds. The lowest BCUT2D eigenvalue weighted by molar-refractivity contribution is -0.151. The maximum atomic E-state index is 13.2. The van der Waals surface area contributed by atoms with E-state index >= 15 is 0 Å². The van der Waals surface area contributed by atoms with Gasteiger partial charge in [0.15, 0.2) is 0 Å². The minimum atomic E-state index is -0.781. The van der Waals surface area contributed by atoms with E-state index in [0.717, 1.165) is 51.4 Å². The molecule has 6 nitrogen and oxygen atoms in total. The van der Waals surface area contributed by atoms with Crippen LogP contribution in [0, 0.1) is 0 Å². The Labute approximate surface area is 361 Å². The Hall–Kier alpha value is -1.40. The summed E-state index contributed by atoms with van der Waals surface area (Å²) in [5.41, 5.74) is 0. The molecule has 0 spiro atoms. The number of esters is 1. The number of nitrogens with one attached hydrogen (secondary N) is 1. The number of aliphatic hydroxyl groups is 2. The van der Waals surface area contributed by atoms with Crippen LogP contribution in [0.3, 0.4) is 0 Å². The predicted octanol–water partition coefficient (Wildman–Crippen LogP) is 15.3. The van der Waals surface area contributed by atoms with Crippen molar-refractivity contribution in [2.75, 3.05) is 6.61 Å². The molecule has 0 aliphatic rings. The van der Waals surface area contributed by atoms with Gasteiger partial charge in [-0.1, -0.05) is 232 Å². The van der Waals surface area contributed by atoms with Crippen LogP contribution < -0.4 is 5.32 Å². The molecule has 0 aliphatic heterocycles. The average molecular weight is 820 g/mol. The second-order valence-electron chi connectivity index (χ2n) is 17.9. The average Bonchev–Trinajstić information content (AvgIpc) is 3.22. The lowest BCUT2D eigenvalue weighted by Crippen LogP contribution is -2.46. The van der Waals surface area contributed by atoms with Crippen molar-refractivity contribution in [1.29, 1.82) is 0 Å². The number of allylic oxidation sites excluding steroid dienone is 2. The molecule has 3 unspecified atom stereocenters. The number of hydrogen-bond donors (Lipinski definition) is 3. The molecule has 0 rings (SSSR count). The van der Waals surface area contributed by atoms with Crippen LogP contribution >= 0.6 is 0 Å². The highest BCUT2D eigenvalue weighted by molar-refractivity contribution is 5.77. The first kappa shape index (κ1) is 56.6. The van der Waals surface area contributed by atoms with Gasteiger partial charge in [0.05, 0.1) is 25.2 Å². The fraction of sp³-hybridized carbons (Fsp3) is 0.923. The fourth-order valence-electron chi connectivity index (χ4n) is 8.13. The summed E-state index contributed by atoms with van der Waals surface area (Å²) >= 11 is 0. The highest BCUT2D eigenvalue weighted by Gasteiger charge is 2.24. The van der Waals surface area contributed by atoms with Gasteiger partial charge in [0.1, 0.15) is 6.10 Å². The van der Waals surface area contributed by atoms with Crippen molar-refractivity contribution in [3.05, 3.63) is 12.2 Å². The largest absolute Gasteiger partial charge is 0.462 e. The lowest BCUT2D eigenvalue weighted by atomic mass is 10.0. The molecule has 0 aromatic carbocycles. The second-order valence-corrected chi connectivity index (χ2v) is 17.9. The van der Waals surface area contributed by atoms with E-state index in [-0.39, 0.29) is 24.9 Å². The molecule has 0 heterocycles. The SMILES string of the molecule is CCCCCCCC/C=C/CCCCCCCCCC(CC(=O)NC(CO)C(O)CCCCCCCCCCC)OC(=O)CCCCCCCCCCCCCCC. The molecule has 3 atom stereocenters. The third-order valence-corrected chi connectivity index (χ3v) is 12.1. The number of aliphatic hydroxyl groups excluding tert-OH is 2. The molecule has 0 fully saturated rings. The smallest absolute Gasteiger partial charge is 0.306 e. The van der Waals surface area contributed by atoms with Gasteiger partial charge in [-0.25, -0.2) is 0 Å². The second kappa shape index (κ2) is 46.7. The molecule has 0 bridgehead atoms. The molecule has 3 N–H and O–H groups in total. The first-order chi connectivity index (χ1) is 28.5. The van der Waals surface area contributed by atoms with Gasteiger partial charge in [-0.15, -0.1) is 0 Å². The summed E-state index contributed by atoms with van der Waals surface area (Å²) in [6, 6.07) is -0.695. The minimum Gasteiger partial charge on any atom is -0.462 e. The summed E-state index contributed by atoms with van der Waals surface area (Å²) in [6.45, 7) is 6.48. The van der Waals surface area contributed by atoms with E-state index < -0.39 is 18.2 Å². The lowest BCUT2D eigenvalue weighted by Gasteiger charge is -2.24. The van der Waals surface area contributed by atoms with Gasteiger partial charge in [0.2, 0.25) is 5.91 Å². The van der Waals surface area contributed by atoms with Gasteiger partial charge >= 0.3 is 5.97 Å². The maximum Gasteiger partial charge on any atom is 0.306 e. The van der Waals surface area contributed by atoms with E-state index in [2.05, 4.69) is 38.2 Å². The number of unbranched alkanes of at least 4 members (excludes halogenated alkanes) is 33. The van der Waals surface area contributed by atoms with E-state index in [4.69, 9.17) is 4.74 Å². The quantitative estimate of drug-likeness (QED) is 0.0323. The summed E-state index contributed by atoms with van der Waals surface area (Å²) in [4.78, 5) is 26.1. The highest BCUT2D eigenvalue weighted by Crippen LogP contribution is 2.18. The normalized spacial score (nSPS) is 13.3. The van der Waals surface area contributed by atoms with E-state index in [1.165, 1.54) is 186 Å². The molecule has 0 aromatic rings. The molecule has 0 saturated heterocycles. The third-order valence-electron chi connectivity index (χ3n) is 12.1. The number of amides is 1. The van der Waals surface area contributed by atoms with Crippen molar-refractivity contribution in [3.63, 3.8) is 0 Å². The zero-order chi connectivity index (χ0) is 42.4. The zero-order valence-electron chi connectivity index (χ0n) is 39.2. The van der Waals surface area contributed by atoms with Crippen LogP contribution in [-0.2, 0) is 14.3 Å². The number of carbonyl (C=O) groups is 2. The third kappa shape index (κ3) is 41.3. The first-order valence-electron chi connectivity index (χ1n) is 25.9. The first-order valence-corrected chi connectivity index (χ1v) is 25.9. The zero-order valence-corrected chi connectivity index (χ0v) is 39.2. The van der Waals surface area contributed by atoms with Crippen LogP contribution in [-0.4, -0.2) is 46.9 Å². The Morgan fingerprint density at radius 3 is 1.22 bits per heavy atom. The Kier molecular flexibility index (Phi) is 45.5. The van der Waals surface area contributed by atoms with E-state index in [1.54, 1.807) is 0 Å². The van der Waals surface area contributed by atoms with Crippen molar-refractivity contribution in [1.82, 2.24) is 5.32 Å². The summed E-state index contributed by atoms with van der Waals surface area (Å²) in [5, 5.41) is 23.7. The summed E-state index contributed by atoms with van der Waals surface area (Å²) in [5.74, 6) is -0.462. The number of hydrogen-bond acceptors (Lipinski definition) is 5. The molecule has 6 heteroatoms. The fourth-order valence-corrected chi connectivity index (χ4v) is 8.13. The molecule has 0 saturated carbocycles. The highest BCUT2D eigenvalue weighted by atomic mass is 16.5. The number of ether oxygens (including phenoxy) is 1. The van der Waals surface area contributed by atoms with Gasteiger partial charge in [-0.05, 0) is 51.4 Å². The molecular weight excluding hydrogens is 719 g/mol. The van der Waals surface area contributed by atoms with E-state index in [1.807, 2.05) is 0 Å². The van der Waals surface area contributed by atoms with Gasteiger partial charge in [0, 0.05) is 6.42 Å². The Morgan fingerprint density at radius 1 is 0.483 bits per heavy atom. The standard InChI is InChI=1S/C52H101NO5/c1-4-7-10-13-16-19-21-23-24-25-26-28-29-32-34-37-40-43-48(58-52(57)45-42-39-36-33-30-27-22-20-17-14-11-8-5-2)46-51(56)53-49(47-54)50(55)44-41-38-35-31-18-15-12-9-6-3/h23-24,48-50,54-55H,4-22,25-47H2,1-3H3,(H,53,56)/b24-23+. The molecule has 0 radical (unpaired) electrons. The van der Waals surface area contributed by atoms with Crippen molar-refractivity contribution < 1.29 is 24.5 Å². The molecule has 58 heavy (non-hydrogen) atoms. The summed E-state index contributed by atoms with van der Waals surface area (Å²) in [7, 11) is 0. The van der Waals surface area contributed by atoms with Gasteiger partial charge in [-0.2, -0.15) is 0 Å². The molecule has 0 aromatic heterocycles. The van der Waals surface area contributed by atoms with Gasteiger partial charge in [0.25, 0.3) is 0 Å². The van der Waals surface area contributed by atoms with Crippen LogP contribution in [0.1, 0.15) is 284 Å². The van der Waals surface area contributed by atoms with Crippen LogP contribution in [0.4, 0.5) is 0 Å². The van der Waals surface area contributed by atoms with Crippen LogP contribution in [0.5, 0.6) is 0 Å². The molecule has 0 aliphatic carbocycles. The predicted molar refractivity (Wildman–Crippen MR) is 250 cm³/mol. The van der Waals surface area contributed by atoms with Crippen LogP contribution in [0.15, 0.2) is 12.2 Å². The summed E-state index contributed by atoms with van der Waals surface area (Å²) < 4.78 is 5.93.